The highest BCUT2D eigenvalue weighted by molar-refractivity contribution is 9.10. The third-order valence-electron chi connectivity index (χ3n) is 3.59. The summed E-state index contributed by atoms with van der Waals surface area (Å²) >= 11 is 3.53. The van der Waals surface area contributed by atoms with E-state index in [1.807, 2.05) is 0 Å². The van der Waals surface area contributed by atoms with Gasteiger partial charge in [-0.15, -0.1) is 12.4 Å². The molecule has 118 valence electrons. The molecular formula is C17H20BrClN2O. The van der Waals surface area contributed by atoms with Gasteiger partial charge >= 0.3 is 0 Å². The first-order valence-corrected chi connectivity index (χ1v) is 8.22. The highest BCUT2D eigenvalue weighted by Crippen LogP contribution is 2.29. The number of nitrogens with one attached hydrogen (secondary N) is 1. The summed E-state index contributed by atoms with van der Waals surface area (Å²) in [6.45, 7) is 4.66. The quantitative estimate of drug-likeness (QED) is 0.768. The molecule has 1 heterocycles. The van der Waals surface area contributed by atoms with Crippen molar-refractivity contribution in [2.75, 3.05) is 19.7 Å². The summed E-state index contributed by atoms with van der Waals surface area (Å²) in [5, 5.41) is 5.72. The fraction of sp³-hybridized carbons (Fsp3) is 0.353. The number of fused-ring (bicyclic) bond motifs is 1. The maximum absolute atomic E-state index is 6.00. The van der Waals surface area contributed by atoms with Crippen molar-refractivity contribution in [2.45, 2.75) is 19.8 Å². The first kappa shape index (κ1) is 17.1. The van der Waals surface area contributed by atoms with Gasteiger partial charge in [-0.3, -0.25) is 4.99 Å². The number of aliphatic imine (C=N–C) groups is 1. The molecule has 0 amide bonds. The van der Waals surface area contributed by atoms with E-state index in [4.69, 9.17) is 4.74 Å². The fourth-order valence-electron chi connectivity index (χ4n) is 2.46. The highest BCUT2D eigenvalue weighted by atomic mass is 79.9. The lowest BCUT2D eigenvalue weighted by atomic mass is 10.1. The predicted octanol–water partition coefficient (Wildman–Crippen LogP) is 4.55. The Morgan fingerprint density at radius 1 is 1.23 bits per heavy atom. The van der Waals surface area contributed by atoms with Crippen molar-refractivity contribution in [3.63, 3.8) is 0 Å². The summed E-state index contributed by atoms with van der Waals surface area (Å²) < 4.78 is 7.08. The fourth-order valence-corrected chi connectivity index (χ4v) is 2.84. The molecule has 0 aromatic heterocycles. The van der Waals surface area contributed by atoms with Gasteiger partial charge < -0.3 is 10.1 Å². The van der Waals surface area contributed by atoms with Crippen LogP contribution in [0, 0.1) is 0 Å². The number of benzene rings is 2. The minimum atomic E-state index is 0. The zero-order valence-corrected chi connectivity index (χ0v) is 15.0. The standard InChI is InChI=1S/C17H19BrN2O.ClH/c1-2-3-8-21-16-11-12-4-5-14(18)9-13(12)10-15(16)17-19-6-7-20-17;/h4-5,9-11H,2-3,6-8H2,1H3,(H,19,20);1H. The van der Waals surface area contributed by atoms with E-state index < -0.39 is 0 Å². The topological polar surface area (TPSA) is 33.6 Å². The smallest absolute Gasteiger partial charge is 0.132 e. The molecule has 0 atom stereocenters. The van der Waals surface area contributed by atoms with Crippen LogP contribution in [-0.2, 0) is 0 Å². The van der Waals surface area contributed by atoms with Crippen LogP contribution < -0.4 is 10.1 Å². The largest absolute Gasteiger partial charge is 0.493 e. The van der Waals surface area contributed by atoms with Crippen molar-refractivity contribution in [3.05, 3.63) is 40.4 Å². The molecule has 0 radical (unpaired) electrons. The van der Waals surface area contributed by atoms with Gasteiger partial charge in [-0.25, -0.2) is 0 Å². The molecule has 0 fully saturated rings. The molecule has 22 heavy (non-hydrogen) atoms. The zero-order chi connectivity index (χ0) is 14.7. The van der Waals surface area contributed by atoms with E-state index in [1.54, 1.807) is 0 Å². The summed E-state index contributed by atoms with van der Waals surface area (Å²) in [4.78, 5) is 4.54. The molecule has 2 aromatic rings. The lowest BCUT2D eigenvalue weighted by molar-refractivity contribution is 0.309. The van der Waals surface area contributed by atoms with Crippen LogP contribution in [0.4, 0.5) is 0 Å². The van der Waals surface area contributed by atoms with E-state index >= 15 is 0 Å². The molecule has 0 spiro atoms. The normalized spacial score (nSPS) is 13.5. The highest BCUT2D eigenvalue weighted by Gasteiger charge is 2.15. The molecule has 0 saturated carbocycles. The number of amidine groups is 1. The lowest BCUT2D eigenvalue weighted by Crippen LogP contribution is -2.20. The van der Waals surface area contributed by atoms with Crippen LogP contribution in [0.3, 0.4) is 0 Å². The molecule has 5 heteroatoms. The van der Waals surface area contributed by atoms with Crippen molar-refractivity contribution in [2.24, 2.45) is 4.99 Å². The SMILES string of the molecule is CCCCOc1cc2ccc(Br)cc2cc1C1=NCCN1.Cl. The molecular weight excluding hydrogens is 364 g/mol. The Morgan fingerprint density at radius 3 is 2.82 bits per heavy atom. The van der Waals surface area contributed by atoms with Gasteiger partial charge in [0.25, 0.3) is 0 Å². The van der Waals surface area contributed by atoms with E-state index in [2.05, 4.69) is 63.5 Å². The van der Waals surface area contributed by atoms with Gasteiger partial charge in [0.15, 0.2) is 0 Å². The number of ether oxygens (including phenoxy) is 1. The minimum absolute atomic E-state index is 0. The van der Waals surface area contributed by atoms with Crippen molar-refractivity contribution < 1.29 is 4.74 Å². The Labute approximate surface area is 145 Å². The Kier molecular flexibility index (Phi) is 6.09. The number of rotatable bonds is 5. The second-order valence-corrected chi connectivity index (χ2v) is 6.11. The second-order valence-electron chi connectivity index (χ2n) is 5.20. The molecule has 1 aliphatic rings. The molecule has 1 N–H and O–H groups in total. The predicted molar refractivity (Wildman–Crippen MR) is 98.7 cm³/mol. The maximum atomic E-state index is 6.00. The van der Waals surface area contributed by atoms with Crippen LogP contribution in [0.5, 0.6) is 5.75 Å². The van der Waals surface area contributed by atoms with Crippen LogP contribution in [-0.4, -0.2) is 25.5 Å². The zero-order valence-electron chi connectivity index (χ0n) is 12.6. The van der Waals surface area contributed by atoms with Gasteiger partial charge in [-0.1, -0.05) is 35.3 Å². The number of nitrogens with zero attached hydrogens (tertiary/aromatic N) is 1. The van der Waals surface area contributed by atoms with E-state index in [0.29, 0.717) is 0 Å². The Balaban J connectivity index is 0.00000176. The Morgan fingerprint density at radius 2 is 2.09 bits per heavy atom. The summed E-state index contributed by atoms with van der Waals surface area (Å²) in [7, 11) is 0. The third kappa shape index (κ3) is 3.73. The minimum Gasteiger partial charge on any atom is -0.493 e. The number of hydrogen-bond donors (Lipinski definition) is 1. The van der Waals surface area contributed by atoms with Crippen LogP contribution in [0.1, 0.15) is 25.3 Å². The molecule has 0 unspecified atom stereocenters. The van der Waals surface area contributed by atoms with Crippen molar-refractivity contribution in [1.82, 2.24) is 5.32 Å². The first-order chi connectivity index (χ1) is 10.3. The lowest BCUT2D eigenvalue weighted by Gasteiger charge is -2.13. The van der Waals surface area contributed by atoms with E-state index in [1.165, 1.54) is 10.8 Å². The second kappa shape index (κ2) is 7.84. The first-order valence-electron chi connectivity index (χ1n) is 7.43. The average molecular weight is 384 g/mol. The number of unbranched alkanes of at least 4 members (excludes halogenated alkanes) is 1. The summed E-state index contributed by atoms with van der Waals surface area (Å²) in [6.07, 6.45) is 2.20. The third-order valence-corrected chi connectivity index (χ3v) is 4.08. The van der Waals surface area contributed by atoms with Gasteiger partial charge in [0.1, 0.15) is 11.6 Å². The molecule has 2 aromatic carbocycles. The van der Waals surface area contributed by atoms with Crippen molar-refractivity contribution in [1.29, 1.82) is 0 Å². The maximum Gasteiger partial charge on any atom is 0.132 e. The molecule has 0 aliphatic carbocycles. The van der Waals surface area contributed by atoms with Crippen LogP contribution in [0.15, 0.2) is 39.8 Å². The van der Waals surface area contributed by atoms with Crippen LogP contribution >= 0.6 is 28.3 Å². The molecule has 3 nitrogen and oxygen atoms in total. The van der Waals surface area contributed by atoms with Gasteiger partial charge in [0.2, 0.25) is 0 Å². The number of halogens is 2. The van der Waals surface area contributed by atoms with Gasteiger partial charge in [-0.05, 0) is 41.5 Å². The van der Waals surface area contributed by atoms with Crippen molar-refractivity contribution >= 4 is 44.9 Å². The van der Waals surface area contributed by atoms with Crippen LogP contribution in [0.25, 0.3) is 10.8 Å². The van der Waals surface area contributed by atoms with Crippen LogP contribution in [0.2, 0.25) is 0 Å². The number of hydrogen-bond acceptors (Lipinski definition) is 3. The molecule has 0 saturated heterocycles. The van der Waals surface area contributed by atoms with Gasteiger partial charge in [-0.2, -0.15) is 0 Å². The van der Waals surface area contributed by atoms with Gasteiger partial charge in [0, 0.05) is 11.0 Å². The summed E-state index contributed by atoms with van der Waals surface area (Å²) in [5.41, 5.74) is 1.06. The van der Waals surface area contributed by atoms with E-state index in [9.17, 15) is 0 Å². The molecule has 0 bridgehead atoms. The summed E-state index contributed by atoms with van der Waals surface area (Å²) in [6, 6.07) is 10.6. The molecule has 1 aliphatic heterocycles. The monoisotopic (exact) mass is 382 g/mol. The van der Waals surface area contributed by atoms with Crippen molar-refractivity contribution in [3.8, 4) is 5.75 Å². The molecule has 3 rings (SSSR count). The Bertz CT molecular complexity index is 688. The summed E-state index contributed by atoms with van der Waals surface area (Å²) in [5.74, 6) is 1.87. The average Bonchev–Trinajstić information content (AvgIpc) is 3.01. The Hall–Kier alpha value is -1.26. The van der Waals surface area contributed by atoms with E-state index in [0.717, 1.165) is 54.2 Å². The van der Waals surface area contributed by atoms with E-state index in [-0.39, 0.29) is 12.4 Å². The van der Waals surface area contributed by atoms with Gasteiger partial charge in [0.05, 0.1) is 18.7 Å².